The quantitative estimate of drug-likeness (QED) is 0.798. The number of pyridine rings is 1. The molecule has 0 saturated heterocycles. The van der Waals surface area contributed by atoms with E-state index in [-0.39, 0.29) is 10.9 Å². The Morgan fingerprint density at radius 2 is 2.25 bits per heavy atom. The molecule has 0 unspecified atom stereocenters. The molecule has 16 heavy (non-hydrogen) atoms. The average Bonchev–Trinajstić information content (AvgIpc) is 3.11. The zero-order chi connectivity index (χ0) is 11.6. The van der Waals surface area contributed by atoms with Crippen molar-refractivity contribution in [2.75, 3.05) is 13.1 Å². The highest BCUT2D eigenvalue weighted by molar-refractivity contribution is 7.89. The Hall–Kier alpha value is -0.980. The fourth-order valence-corrected chi connectivity index (χ4v) is 3.29. The van der Waals surface area contributed by atoms with Crippen LogP contribution in [0.4, 0.5) is 0 Å². The van der Waals surface area contributed by atoms with E-state index in [0.717, 1.165) is 12.8 Å². The van der Waals surface area contributed by atoms with Crippen molar-refractivity contribution < 1.29 is 8.42 Å². The molecule has 0 amide bonds. The lowest BCUT2D eigenvalue weighted by Gasteiger charge is -2.20. The summed E-state index contributed by atoms with van der Waals surface area (Å²) in [6.07, 6.45) is 4.80. The lowest BCUT2D eigenvalue weighted by Crippen LogP contribution is -2.37. The van der Waals surface area contributed by atoms with Gasteiger partial charge in [-0.25, -0.2) is 8.42 Å². The summed E-state index contributed by atoms with van der Waals surface area (Å²) >= 11 is 0. The molecule has 1 heterocycles. The van der Waals surface area contributed by atoms with Crippen molar-refractivity contribution in [2.24, 2.45) is 5.73 Å². The number of hydrogen-bond acceptors (Lipinski definition) is 4. The van der Waals surface area contributed by atoms with Crippen molar-refractivity contribution in [2.45, 2.75) is 23.8 Å². The van der Waals surface area contributed by atoms with Crippen LogP contribution in [0.2, 0.25) is 0 Å². The van der Waals surface area contributed by atoms with Gasteiger partial charge in [-0.3, -0.25) is 4.98 Å². The first-order valence-corrected chi connectivity index (χ1v) is 6.72. The topological polar surface area (TPSA) is 76.3 Å². The molecule has 88 valence electrons. The predicted molar refractivity (Wildman–Crippen MR) is 60.2 cm³/mol. The zero-order valence-corrected chi connectivity index (χ0v) is 9.73. The minimum absolute atomic E-state index is 0.133. The lowest BCUT2D eigenvalue weighted by atomic mass is 10.5. The molecule has 1 fully saturated rings. The van der Waals surface area contributed by atoms with E-state index in [4.69, 9.17) is 5.73 Å². The molecule has 0 aliphatic heterocycles. The first-order valence-electron chi connectivity index (χ1n) is 5.28. The van der Waals surface area contributed by atoms with Crippen LogP contribution in [0.1, 0.15) is 12.8 Å². The van der Waals surface area contributed by atoms with E-state index in [1.165, 1.54) is 10.5 Å². The lowest BCUT2D eigenvalue weighted by molar-refractivity contribution is 0.411. The van der Waals surface area contributed by atoms with Crippen LogP contribution in [0, 0.1) is 0 Å². The van der Waals surface area contributed by atoms with Gasteiger partial charge >= 0.3 is 0 Å². The molecule has 0 radical (unpaired) electrons. The molecular formula is C10H15N3O2S. The molecule has 2 rings (SSSR count). The third-order valence-electron chi connectivity index (χ3n) is 2.54. The van der Waals surface area contributed by atoms with Gasteiger partial charge in [0, 0.05) is 31.5 Å². The largest absolute Gasteiger partial charge is 0.329 e. The maximum Gasteiger partial charge on any atom is 0.244 e. The molecule has 1 aromatic rings. The molecule has 1 aromatic heterocycles. The highest BCUT2D eigenvalue weighted by atomic mass is 32.2. The molecule has 1 aliphatic carbocycles. The summed E-state index contributed by atoms with van der Waals surface area (Å²) in [4.78, 5) is 4.08. The summed E-state index contributed by atoms with van der Waals surface area (Å²) in [5, 5.41) is 0. The monoisotopic (exact) mass is 241 g/mol. The van der Waals surface area contributed by atoms with Crippen LogP contribution in [-0.2, 0) is 10.0 Å². The Morgan fingerprint density at radius 1 is 1.50 bits per heavy atom. The predicted octanol–water partition coefficient (Wildman–Crippen LogP) is 0.193. The normalized spacial score (nSPS) is 16.6. The van der Waals surface area contributed by atoms with Gasteiger partial charge in [0.25, 0.3) is 0 Å². The SMILES string of the molecule is NCCN(C1CC1)S(=O)(=O)c1cccnc1. The Labute approximate surface area is 95.3 Å². The maximum atomic E-state index is 12.2. The Kier molecular flexibility index (Phi) is 3.22. The molecule has 1 aliphatic rings. The van der Waals surface area contributed by atoms with Crippen molar-refractivity contribution in [3.63, 3.8) is 0 Å². The average molecular weight is 241 g/mol. The molecule has 2 N–H and O–H groups in total. The van der Waals surface area contributed by atoms with Crippen molar-refractivity contribution >= 4 is 10.0 Å². The molecule has 1 saturated carbocycles. The second kappa shape index (κ2) is 4.48. The van der Waals surface area contributed by atoms with Gasteiger partial charge in [0.2, 0.25) is 10.0 Å². The summed E-state index contributed by atoms with van der Waals surface area (Å²) < 4.78 is 26.0. The van der Waals surface area contributed by atoms with E-state index < -0.39 is 10.0 Å². The zero-order valence-electron chi connectivity index (χ0n) is 8.91. The molecule has 0 aromatic carbocycles. The van der Waals surface area contributed by atoms with Gasteiger partial charge in [-0.1, -0.05) is 0 Å². The highest BCUT2D eigenvalue weighted by Crippen LogP contribution is 2.31. The van der Waals surface area contributed by atoms with E-state index in [1.54, 1.807) is 18.3 Å². The first kappa shape index (κ1) is 11.5. The second-order valence-electron chi connectivity index (χ2n) is 3.82. The number of aromatic nitrogens is 1. The van der Waals surface area contributed by atoms with E-state index in [2.05, 4.69) is 4.98 Å². The van der Waals surface area contributed by atoms with Crippen molar-refractivity contribution in [3.8, 4) is 0 Å². The molecular weight excluding hydrogens is 226 g/mol. The van der Waals surface area contributed by atoms with E-state index in [0.29, 0.717) is 13.1 Å². The Morgan fingerprint density at radius 3 is 2.75 bits per heavy atom. The summed E-state index contributed by atoms with van der Waals surface area (Å²) in [6.45, 7) is 0.720. The molecule has 0 atom stereocenters. The Bertz CT molecular complexity index is 442. The van der Waals surface area contributed by atoms with Crippen LogP contribution in [-0.4, -0.2) is 36.8 Å². The number of nitrogens with two attached hydrogens (primary N) is 1. The first-order chi connectivity index (χ1) is 7.66. The van der Waals surface area contributed by atoms with Crippen molar-refractivity contribution in [3.05, 3.63) is 24.5 Å². The van der Waals surface area contributed by atoms with Gasteiger partial charge in [0.15, 0.2) is 0 Å². The van der Waals surface area contributed by atoms with E-state index in [9.17, 15) is 8.42 Å². The van der Waals surface area contributed by atoms with Crippen LogP contribution < -0.4 is 5.73 Å². The number of rotatable bonds is 5. The highest BCUT2D eigenvalue weighted by Gasteiger charge is 2.37. The van der Waals surface area contributed by atoms with Gasteiger partial charge in [0.1, 0.15) is 4.90 Å². The fourth-order valence-electron chi connectivity index (χ4n) is 1.62. The third kappa shape index (κ3) is 2.23. The van der Waals surface area contributed by atoms with Crippen LogP contribution in [0.25, 0.3) is 0 Å². The smallest absolute Gasteiger partial charge is 0.244 e. The van der Waals surface area contributed by atoms with E-state index in [1.807, 2.05) is 0 Å². The molecule has 6 heteroatoms. The second-order valence-corrected chi connectivity index (χ2v) is 5.71. The van der Waals surface area contributed by atoms with Gasteiger partial charge in [-0.05, 0) is 25.0 Å². The van der Waals surface area contributed by atoms with Crippen LogP contribution in [0.5, 0.6) is 0 Å². The van der Waals surface area contributed by atoms with Crippen LogP contribution in [0.15, 0.2) is 29.4 Å². The van der Waals surface area contributed by atoms with Gasteiger partial charge in [0.05, 0.1) is 0 Å². The molecule has 5 nitrogen and oxygen atoms in total. The van der Waals surface area contributed by atoms with E-state index >= 15 is 0 Å². The minimum Gasteiger partial charge on any atom is -0.329 e. The van der Waals surface area contributed by atoms with Gasteiger partial charge < -0.3 is 5.73 Å². The number of sulfonamides is 1. The van der Waals surface area contributed by atoms with Crippen molar-refractivity contribution in [1.29, 1.82) is 0 Å². The number of hydrogen-bond donors (Lipinski definition) is 1. The molecule has 0 bridgehead atoms. The standard InChI is InChI=1S/C10H15N3O2S/c11-5-7-13(9-3-4-9)16(14,15)10-2-1-6-12-8-10/h1-2,6,8-9H,3-5,7,11H2. The van der Waals surface area contributed by atoms with Gasteiger partial charge in [-0.15, -0.1) is 0 Å². The maximum absolute atomic E-state index is 12.2. The van der Waals surface area contributed by atoms with Gasteiger partial charge in [-0.2, -0.15) is 4.31 Å². The summed E-state index contributed by atoms with van der Waals surface area (Å²) in [5.74, 6) is 0. The Balaban J connectivity index is 2.29. The summed E-state index contributed by atoms with van der Waals surface area (Å²) in [6, 6.07) is 3.32. The fraction of sp³-hybridized carbons (Fsp3) is 0.500. The molecule has 0 spiro atoms. The summed E-state index contributed by atoms with van der Waals surface area (Å²) in [7, 11) is -3.41. The van der Waals surface area contributed by atoms with Crippen molar-refractivity contribution in [1.82, 2.24) is 9.29 Å². The van der Waals surface area contributed by atoms with Crippen LogP contribution in [0.3, 0.4) is 0 Å². The number of nitrogens with zero attached hydrogens (tertiary/aromatic N) is 2. The minimum atomic E-state index is -3.41. The van der Waals surface area contributed by atoms with Crippen LogP contribution >= 0.6 is 0 Å². The third-order valence-corrected chi connectivity index (χ3v) is 4.48. The summed E-state index contributed by atoms with van der Waals surface area (Å²) in [5.41, 5.74) is 5.45.